The number of aromatic nitrogens is 3. The Balaban J connectivity index is 0.00000506. The zero-order chi connectivity index (χ0) is 30.9. The third-order valence-electron chi connectivity index (χ3n) is 6.77. The second kappa shape index (κ2) is 13.8. The summed E-state index contributed by atoms with van der Waals surface area (Å²) in [5.41, 5.74) is 3.21. The molecular formula is C29H32N3NaO8S2. The molecule has 2 aromatic heterocycles. The number of methoxy groups -OCH3 is 2. The van der Waals surface area contributed by atoms with Crippen LogP contribution in [0.4, 0.5) is 0 Å². The number of hydrogen-bond acceptors (Lipinski definition) is 10. The standard InChI is InChI=1S/C29H33N3O8S2.Na/c1-16(2)22-11-21(40-14-26(33)34)10-17(3)28(22)42(36,37)32-25-12-20(38-6)8-9-23(25)31-29(32)41(35)15-24-19(5)27(39-7)18(4)13-30-24;/h8-13,16H,14-15H2,1-7H3,(H,33,34);/q;+1/p-1. The summed E-state index contributed by atoms with van der Waals surface area (Å²) in [7, 11) is -3.38. The van der Waals surface area contributed by atoms with E-state index in [1.54, 1.807) is 39.3 Å². The fourth-order valence-corrected chi connectivity index (χ4v) is 8.37. The molecule has 224 valence electrons. The first kappa shape index (κ1) is 34.5. The van der Waals surface area contributed by atoms with Gasteiger partial charge in [-0.1, -0.05) is 13.8 Å². The van der Waals surface area contributed by atoms with Crippen molar-refractivity contribution in [2.24, 2.45) is 0 Å². The largest absolute Gasteiger partial charge is 1.00 e. The molecule has 2 heterocycles. The first-order chi connectivity index (χ1) is 19.8. The number of aliphatic carboxylic acids is 1. The maximum atomic E-state index is 14.6. The molecule has 4 rings (SSSR count). The predicted octanol–water partition coefficient (Wildman–Crippen LogP) is 0.175. The van der Waals surface area contributed by atoms with E-state index in [1.165, 1.54) is 25.3 Å². The molecule has 0 saturated heterocycles. The van der Waals surface area contributed by atoms with Gasteiger partial charge >= 0.3 is 29.6 Å². The molecule has 43 heavy (non-hydrogen) atoms. The van der Waals surface area contributed by atoms with Gasteiger partial charge in [-0.15, -0.1) is 0 Å². The average molecular weight is 638 g/mol. The summed E-state index contributed by atoms with van der Waals surface area (Å²) in [5, 5.41) is 10.8. The van der Waals surface area contributed by atoms with Crippen molar-refractivity contribution in [3.8, 4) is 17.2 Å². The van der Waals surface area contributed by atoms with Gasteiger partial charge in [0.1, 0.15) is 23.9 Å². The first-order valence-corrected chi connectivity index (χ1v) is 15.7. The topological polar surface area (TPSA) is 150 Å². The number of hydrogen-bond donors (Lipinski definition) is 0. The number of carbonyl (C=O) groups is 1. The van der Waals surface area contributed by atoms with Gasteiger partial charge in [-0.3, -0.25) is 9.19 Å². The normalized spacial score (nSPS) is 12.2. The smallest absolute Gasteiger partial charge is 0.546 e. The van der Waals surface area contributed by atoms with Crippen LogP contribution in [0, 0.1) is 20.8 Å². The van der Waals surface area contributed by atoms with Crippen molar-refractivity contribution >= 4 is 37.8 Å². The minimum atomic E-state index is -4.42. The van der Waals surface area contributed by atoms with E-state index < -0.39 is 33.4 Å². The van der Waals surface area contributed by atoms with E-state index in [-0.39, 0.29) is 62.5 Å². The van der Waals surface area contributed by atoms with Crippen molar-refractivity contribution in [1.29, 1.82) is 0 Å². The summed E-state index contributed by atoms with van der Waals surface area (Å²) < 4.78 is 60.3. The number of aryl methyl sites for hydroxylation is 2. The number of carboxylic acids is 1. The van der Waals surface area contributed by atoms with Crippen molar-refractivity contribution < 1.29 is 66.3 Å². The zero-order valence-corrected chi connectivity index (χ0v) is 29.0. The zero-order valence-electron chi connectivity index (χ0n) is 25.4. The van der Waals surface area contributed by atoms with Gasteiger partial charge in [-0.05, 0) is 62.1 Å². The molecule has 4 aromatic rings. The molecule has 0 radical (unpaired) electrons. The number of carboxylic acid groups (broad SMARTS) is 1. The van der Waals surface area contributed by atoms with E-state index in [2.05, 4.69) is 9.97 Å². The Bertz CT molecular complexity index is 1820. The summed E-state index contributed by atoms with van der Waals surface area (Å²) in [4.78, 5) is 19.9. The Morgan fingerprint density at radius 3 is 2.35 bits per heavy atom. The van der Waals surface area contributed by atoms with Crippen molar-refractivity contribution in [3.63, 3.8) is 0 Å². The van der Waals surface area contributed by atoms with Gasteiger partial charge in [0.25, 0.3) is 10.0 Å². The number of carbonyl (C=O) groups excluding carboxylic acids is 1. The Kier molecular flexibility index (Phi) is 11.1. The van der Waals surface area contributed by atoms with E-state index in [9.17, 15) is 22.5 Å². The van der Waals surface area contributed by atoms with Crippen molar-refractivity contribution in [1.82, 2.24) is 13.9 Å². The van der Waals surface area contributed by atoms with E-state index in [4.69, 9.17) is 14.2 Å². The van der Waals surface area contributed by atoms with Crippen molar-refractivity contribution in [2.75, 3.05) is 20.8 Å². The molecule has 0 aliphatic rings. The number of pyridine rings is 1. The van der Waals surface area contributed by atoms with Crippen LogP contribution in [0.2, 0.25) is 0 Å². The van der Waals surface area contributed by atoms with Gasteiger partial charge in [0.15, 0.2) is 0 Å². The summed E-state index contributed by atoms with van der Waals surface area (Å²) in [5.74, 6) is -0.618. The van der Waals surface area contributed by atoms with Gasteiger partial charge in [0, 0.05) is 23.4 Å². The summed E-state index contributed by atoms with van der Waals surface area (Å²) in [6, 6.07) is 7.72. The molecule has 0 aliphatic heterocycles. The summed E-state index contributed by atoms with van der Waals surface area (Å²) in [6.45, 7) is 8.18. The van der Waals surface area contributed by atoms with Crippen molar-refractivity contribution in [3.05, 3.63) is 64.5 Å². The summed E-state index contributed by atoms with van der Waals surface area (Å²) >= 11 is 0. The van der Waals surface area contributed by atoms with Crippen LogP contribution in [0.15, 0.2) is 46.6 Å². The van der Waals surface area contributed by atoms with Crippen LogP contribution in [0.5, 0.6) is 17.2 Å². The number of benzene rings is 2. The number of rotatable bonds is 11. The molecule has 1 atom stereocenters. The van der Waals surface area contributed by atoms with Gasteiger partial charge in [0.05, 0.1) is 58.4 Å². The quantitative estimate of drug-likeness (QED) is 0.208. The van der Waals surface area contributed by atoms with Crippen LogP contribution in [-0.4, -0.2) is 53.4 Å². The fraction of sp³-hybridized carbons (Fsp3) is 0.345. The molecule has 0 saturated carbocycles. The van der Waals surface area contributed by atoms with Gasteiger partial charge < -0.3 is 24.1 Å². The Labute approximate surface area is 275 Å². The second-order valence-corrected chi connectivity index (χ2v) is 13.1. The SMILES string of the molecule is COc1ccc2nc(S(=O)Cc3ncc(C)c(OC)c3C)n(S(=O)(=O)c3c(C)cc(OCC(=O)[O-])cc3C(C)C)c2c1.[Na+]. The number of ether oxygens (including phenoxy) is 3. The van der Waals surface area contributed by atoms with Crippen molar-refractivity contribution in [2.45, 2.75) is 56.3 Å². The summed E-state index contributed by atoms with van der Waals surface area (Å²) in [6.07, 6.45) is 1.62. The van der Waals surface area contributed by atoms with Gasteiger partial charge in [-0.2, -0.15) is 0 Å². The number of nitrogens with zero attached hydrogens (tertiary/aromatic N) is 3. The van der Waals surface area contributed by atoms with E-state index in [0.29, 0.717) is 39.4 Å². The molecule has 11 nitrogen and oxygen atoms in total. The van der Waals surface area contributed by atoms with Crippen LogP contribution in [0.3, 0.4) is 0 Å². The maximum Gasteiger partial charge on any atom is 1.00 e. The van der Waals surface area contributed by atoms with Gasteiger partial charge in [-0.25, -0.2) is 17.4 Å². The van der Waals surface area contributed by atoms with Crippen LogP contribution in [0.1, 0.15) is 47.7 Å². The molecule has 0 N–H and O–H groups in total. The third-order valence-corrected chi connectivity index (χ3v) is 10.0. The van der Waals surface area contributed by atoms with Crippen LogP contribution in [0.25, 0.3) is 11.0 Å². The van der Waals surface area contributed by atoms with E-state index >= 15 is 0 Å². The Morgan fingerprint density at radius 2 is 1.74 bits per heavy atom. The fourth-order valence-electron chi connectivity index (χ4n) is 4.79. The molecule has 2 aromatic carbocycles. The Hall–Kier alpha value is -2.97. The number of imidazole rings is 1. The Morgan fingerprint density at radius 1 is 1.05 bits per heavy atom. The third kappa shape index (κ3) is 6.91. The molecule has 0 spiro atoms. The van der Waals surface area contributed by atoms with Crippen LogP contribution >= 0.6 is 0 Å². The van der Waals surface area contributed by atoms with Gasteiger partial charge in [0.2, 0.25) is 5.16 Å². The molecular weight excluding hydrogens is 605 g/mol. The van der Waals surface area contributed by atoms with E-state index in [0.717, 1.165) is 9.54 Å². The van der Waals surface area contributed by atoms with Crippen LogP contribution in [-0.2, 0) is 31.4 Å². The second-order valence-electron chi connectivity index (χ2n) is 10.0. The average Bonchev–Trinajstić information content (AvgIpc) is 3.33. The maximum absolute atomic E-state index is 14.6. The monoisotopic (exact) mass is 637 g/mol. The molecule has 0 bridgehead atoms. The molecule has 0 aliphatic carbocycles. The predicted molar refractivity (Wildman–Crippen MR) is 155 cm³/mol. The van der Waals surface area contributed by atoms with Crippen LogP contribution < -0.4 is 48.9 Å². The number of fused-ring (bicyclic) bond motifs is 1. The first-order valence-electron chi connectivity index (χ1n) is 13.0. The minimum absolute atomic E-state index is 0. The molecule has 14 heteroatoms. The van der Waals surface area contributed by atoms with E-state index in [1.807, 2.05) is 20.8 Å². The minimum Gasteiger partial charge on any atom is -0.546 e. The molecule has 1 unspecified atom stereocenters. The molecule has 0 amide bonds. The molecule has 0 fully saturated rings.